The maximum Gasteiger partial charge on any atom is 0.188 e. The van der Waals surface area contributed by atoms with E-state index in [1.54, 1.807) is 19.2 Å². The molecule has 0 aliphatic rings. The molecular weight excluding hydrogens is 304 g/mol. The number of hydrogen-bond acceptors (Lipinski definition) is 4. The average molecular weight is 328 g/mol. The van der Waals surface area contributed by atoms with E-state index in [2.05, 4.69) is 6.92 Å². The van der Waals surface area contributed by atoms with Crippen LogP contribution in [-0.2, 0) is 11.2 Å². The Hall–Kier alpha value is -2.33. The molecule has 0 bridgehead atoms. The van der Waals surface area contributed by atoms with Crippen LogP contribution in [0.2, 0.25) is 0 Å². The molecule has 2 aromatic carbocycles. The van der Waals surface area contributed by atoms with E-state index in [0.717, 1.165) is 48.4 Å². The number of hydrogen-bond donors (Lipinski definition) is 0. The summed E-state index contributed by atoms with van der Waals surface area (Å²) in [5.74, 6) is 1.61. The molecule has 0 aliphatic carbocycles. The Morgan fingerprint density at radius 1 is 1.04 bits per heavy atom. The first-order valence-electron chi connectivity index (χ1n) is 8.18. The smallest absolute Gasteiger partial charge is 0.188 e. The molecule has 0 amide bonds. The van der Waals surface area contributed by atoms with Crippen molar-refractivity contribution in [3.05, 3.63) is 59.2 Å². The third kappa shape index (κ3) is 5.39. The van der Waals surface area contributed by atoms with E-state index in [1.807, 2.05) is 30.3 Å². The number of benzene rings is 2. The molecule has 0 aromatic heterocycles. The number of carbonyl (C=O) groups excluding carboxylic acids is 1. The van der Waals surface area contributed by atoms with Crippen LogP contribution in [0.3, 0.4) is 0 Å². The second-order valence-electron chi connectivity index (χ2n) is 5.56. The van der Waals surface area contributed by atoms with Crippen LogP contribution in [0.15, 0.2) is 42.5 Å². The lowest BCUT2D eigenvalue weighted by Crippen LogP contribution is -2.03. The average Bonchev–Trinajstić information content (AvgIpc) is 2.62. The normalized spacial score (nSPS) is 10.4. The fourth-order valence-electron chi connectivity index (χ4n) is 2.33. The van der Waals surface area contributed by atoms with Gasteiger partial charge in [-0.15, -0.1) is 0 Å². The van der Waals surface area contributed by atoms with Crippen molar-refractivity contribution in [2.75, 3.05) is 20.5 Å². The molecule has 0 saturated heterocycles. The molecule has 0 radical (unpaired) electrons. The quantitative estimate of drug-likeness (QED) is 0.371. The first-order valence-corrected chi connectivity index (χ1v) is 8.18. The minimum Gasteiger partial charge on any atom is -0.494 e. The van der Waals surface area contributed by atoms with Gasteiger partial charge >= 0.3 is 0 Å². The lowest BCUT2D eigenvalue weighted by Gasteiger charge is -2.12. The maximum absolute atomic E-state index is 11.0. The summed E-state index contributed by atoms with van der Waals surface area (Å²) in [6, 6.07) is 13.4. The zero-order valence-electron chi connectivity index (χ0n) is 14.3. The first-order chi connectivity index (χ1) is 11.8. The van der Waals surface area contributed by atoms with E-state index in [1.165, 1.54) is 0 Å². The highest BCUT2D eigenvalue weighted by molar-refractivity contribution is 5.75. The minimum absolute atomic E-state index is 0.178. The van der Waals surface area contributed by atoms with Gasteiger partial charge in [0, 0.05) is 19.1 Å². The Bertz CT molecular complexity index is 635. The summed E-state index contributed by atoms with van der Waals surface area (Å²) >= 11 is 0. The summed E-state index contributed by atoms with van der Waals surface area (Å²) in [6.45, 7) is 3.06. The zero-order chi connectivity index (χ0) is 17.2. The monoisotopic (exact) mass is 328 g/mol. The zero-order valence-corrected chi connectivity index (χ0v) is 14.3. The van der Waals surface area contributed by atoms with Gasteiger partial charge in [-0.05, 0) is 47.9 Å². The fraction of sp³-hybridized carbons (Fsp3) is 0.350. The molecular formula is C20H24O4. The molecule has 4 heteroatoms. The van der Waals surface area contributed by atoms with Gasteiger partial charge < -0.3 is 14.2 Å². The molecule has 24 heavy (non-hydrogen) atoms. The van der Waals surface area contributed by atoms with Crippen molar-refractivity contribution in [2.45, 2.75) is 26.2 Å². The lowest BCUT2D eigenvalue weighted by atomic mass is 10.0. The van der Waals surface area contributed by atoms with Gasteiger partial charge in [-0.2, -0.15) is 0 Å². The Balaban J connectivity index is 2.09. The molecule has 2 rings (SSSR count). The summed E-state index contributed by atoms with van der Waals surface area (Å²) in [4.78, 5) is 11.0. The van der Waals surface area contributed by atoms with Crippen molar-refractivity contribution < 1.29 is 19.0 Å². The van der Waals surface area contributed by atoms with Gasteiger partial charge in [-0.1, -0.05) is 25.5 Å². The fourth-order valence-corrected chi connectivity index (χ4v) is 2.33. The van der Waals surface area contributed by atoms with Crippen LogP contribution in [0, 0.1) is 0 Å². The van der Waals surface area contributed by atoms with Gasteiger partial charge in [-0.25, -0.2) is 0 Å². The predicted octanol–water partition coefficient (Wildman–Crippen LogP) is 4.25. The molecule has 0 fully saturated rings. The summed E-state index contributed by atoms with van der Waals surface area (Å²) in [7, 11) is 1.58. The van der Waals surface area contributed by atoms with E-state index in [4.69, 9.17) is 14.2 Å². The van der Waals surface area contributed by atoms with Crippen molar-refractivity contribution in [3.8, 4) is 11.5 Å². The van der Waals surface area contributed by atoms with Crippen LogP contribution in [-0.4, -0.2) is 26.8 Å². The second kappa shape index (κ2) is 9.73. The molecule has 0 aliphatic heterocycles. The van der Waals surface area contributed by atoms with Gasteiger partial charge in [0.25, 0.3) is 0 Å². The molecule has 0 N–H and O–H groups in total. The van der Waals surface area contributed by atoms with Crippen LogP contribution in [0.4, 0.5) is 0 Å². The van der Waals surface area contributed by atoms with E-state index in [0.29, 0.717) is 12.0 Å². The molecule has 0 atom stereocenters. The Morgan fingerprint density at radius 2 is 1.83 bits per heavy atom. The van der Waals surface area contributed by atoms with Crippen molar-refractivity contribution >= 4 is 6.29 Å². The Labute approximate surface area is 143 Å². The van der Waals surface area contributed by atoms with E-state index in [-0.39, 0.29) is 6.79 Å². The number of unbranched alkanes of at least 4 members (excludes halogenated alkanes) is 1. The van der Waals surface area contributed by atoms with Crippen molar-refractivity contribution in [3.63, 3.8) is 0 Å². The number of aldehydes is 1. The standard InChI is InChI=1S/C20H24O4/c1-3-4-11-23-19-8-5-16(6-9-19)12-18-13-17(14-21)7-10-20(18)24-15-22-2/h5-10,13-14H,3-4,11-12,15H2,1-2H3. The highest BCUT2D eigenvalue weighted by Gasteiger charge is 2.07. The Morgan fingerprint density at radius 3 is 2.50 bits per heavy atom. The number of methoxy groups -OCH3 is 1. The van der Waals surface area contributed by atoms with Gasteiger partial charge in [0.2, 0.25) is 0 Å². The van der Waals surface area contributed by atoms with E-state index >= 15 is 0 Å². The second-order valence-corrected chi connectivity index (χ2v) is 5.56. The maximum atomic E-state index is 11.0. The first kappa shape index (κ1) is 18.0. The summed E-state index contributed by atoms with van der Waals surface area (Å²) in [6.07, 6.45) is 3.69. The molecule has 0 unspecified atom stereocenters. The van der Waals surface area contributed by atoms with Gasteiger partial charge in [-0.3, -0.25) is 4.79 Å². The van der Waals surface area contributed by atoms with Gasteiger partial charge in [0.1, 0.15) is 17.8 Å². The number of rotatable bonds is 10. The minimum atomic E-state index is 0.178. The van der Waals surface area contributed by atoms with Gasteiger partial charge in [0.15, 0.2) is 6.79 Å². The van der Waals surface area contributed by atoms with Crippen LogP contribution >= 0.6 is 0 Å². The van der Waals surface area contributed by atoms with E-state index in [9.17, 15) is 4.79 Å². The highest BCUT2D eigenvalue weighted by Crippen LogP contribution is 2.24. The number of ether oxygens (including phenoxy) is 3. The molecule has 128 valence electrons. The Kier molecular flexibility index (Phi) is 7.30. The highest BCUT2D eigenvalue weighted by atomic mass is 16.7. The van der Waals surface area contributed by atoms with Crippen LogP contribution in [0.5, 0.6) is 11.5 Å². The molecule has 2 aromatic rings. The summed E-state index contributed by atoms with van der Waals surface area (Å²) in [5, 5.41) is 0. The SMILES string of the molecule is CCCCOc1ccc(Cc2cc(C=O)ccc2OCOC)cc1. The molecule has 0 heterocycles. The topological polar surface area (TPSA) is 44.8 Å². The van der Waals surface area contributed by atoms with Crippen LogP contribution in [0.25, 0.3) is 0 Å². The molecule has 0 saturated carbocycles. The molecule has 4 nitrogen and oxygen atoms in total. The van der Waals surface area contributed by atoms with Crippen molar-refractivity contribution in [1.82, 2.24) is 0 Å². The summed E-state index contributed by atoms with van der Waals surface area (Å²) < 4.78 is 16.2. The van der Waals surface area contributed by atoms with Crippen molar-refractivity contribution in [2.24, 2.45) is 0 Å². The molecule has 0 spiro atoms. The third-order valence-corrected chi connectivity index (χ3v) is 3.64. The van der Waals surface area contributed by atoms with Gasteiger partial charge in [0.05, 0.1) is 6.61 Å². The lowest BCUT2D eigenvalue weighted by molar-refractivity contribution is 0.0505. The van der Waals surface area contributed by atoms with E-state index < -0.39 is 0 Å². The van der Waals surface area contributed by atoms with Crippen LogP contribution in [0.1, 0.15) is 41.3 Å². The summed E-state index contributed by atoms with van der Waals surface area (Å²) in [5.41, 5.74) is 2.72. The third-order valence-electron chi connectivity index (χ3n) is 3.64. The number of carbonyl (C=O) groups is 1. The largest absolute Gasteiger partial charge is 0.494 e. The van der Waals surface area contributed by atoms with Crippen LogP contribution < -0.4 is 9.47 Å². The van der Waals surface area contributed by atoms with Crippen molar-refractivity contribution in [1.29, 1.82) is 0 Å². The predicted molar refractivity (Wildman–Crippen MR) is 94.0 cm³/mol.